The Morgan fingerprint density at radius 2 is 0.974 bits per heavy atom. The number of rotatable bonds is 3. The Morgan fingerprint density at radius 3 is 1.76 bits per heavy atom. The molecule has 0 saturated carbocycles. The molecule has 8 aromatic rings. The molecule has 0 spiro atoms. The third-order valence-electron chi connectivity index (χ3n) is 7.64. The smallest absolute Gasteiger partial charge is 0.0465 e. The zero-order chi connectivity index (χ0) is 25.1. The van der Waals surface area contributed by atoms with Crippen LogP contribution in [0, 0.1) is 0 Å². The molecule has 8 rings (SSSR count). The third kappa shape index (κ3) is 3.38. The van der Waals surface area contributed by atoms with E-state index in [1.165, 1.54) is 75.4 Å². The molecule has 38 heavy (non-hydrogen) atoms. The Balaban J connectivity index is 1.25. The van der Waals surface area contributed by atoms with Gasteiger partial charge in [0.25, 0.3) is 0 Å². The first-order valence-electron chi connectivity index (χ1n) is 12.9. The molecule has 0 radical (unpaired) electrons. The van der Waals surface area contributed by atoms with Crippen LogP contribution in [0.15, 0.2) is 133 Å². The number of fused-ring (bicyclic) bond motifs is 6. The van der Waals surface area contributed by atoms with E-state index >= 15 is 0 Å². The second kappa shape index (κ2) is 8.44. The van der Waals surface area contributed by atoms with Crippen LogP contribution in [0.1, 0.15) is 0 Å². The number of thiophene rings is 1. The summed E-state index contributed by atoms with van der Waals surface area (Å²) in [6.45, 7) is 0. The van der Waals surface area contributed by atoms with E-state index in [9.17, 15) is 0 Å². The summed E-state index contributed by atoms with van der Waals surface area (Å²) in [5.41, 5.74) is 9.84. The van der Waals surface area contributed by atoms with Crippen molar-refractivity contribution in [1.82, 2.24) is 4.98 Å². The lowest BCUT2D eigenvalue weighted by Gasteiger charge is -2.06. The maximum Gasteiger partial charge on any atom is 0.0465 e. The van der Waals surface area contributed by atoms with Crippen LogP contribution < -0.4 is 0 Å². The SMILES string of the molecule is c1ccc(-c2ccc(-c3ccc4[nH]c5ccc(-c6cccc7c6sc6ccccc67)cc5c4c3)cc2)cc1. The van der Waals surface area contributed by atoms with Crippen molar-refractivity contribution in [2.45, 2.75) is 0 Å². The van der Waals surface area contributed by atoms with Gasteiger partial charge in [-0.3, -0.25) is 0 Å². The van der Waals surface area contributed by atoms with E-state index in [-0.39, 0.29) is 0 Å². The van der Waals surface area contributed by atoms with Crippen LogP contribution in [-0.2, 0) is 0 Å². The average Bonchev–Trinajstić information content (AvgIpc) is 3.55. The number of H-pyrrole nitrogens is 1. The van der Waals surface area contributed by atoms with E-state index in [1.54, 1.807) is 0 Å². The number of hydrogen-bond acceptors (Lipinski definition) is 1. The van der Waals surface area contributed by atoms with Crippen molar-refractivity contribution in [1.29, 1.82) is 0 Å². The van der Waals surface area contributed by atoms with Gasteiger partial charge in [-0.15, -0.1) is 11.3 Å². The first kappa shape index (κ1) is 21.4. The van der Waals surface area contributed by atoms with Gasteiger partial charge < -0.3 is 4.98 Å². The molecule has 0 aliphatic rings. The normalized spacial score (nSPS) is 11.7. The number of aromatic nitrogens is 1. The second-order valence-corrected chi connectivity index (χ2v) is 10.9. The first-order valence-corrected chi connectivity index (χ1v) is 13.8. The third-order valence-corrected chi connectivity index (χ3v) is 8.86. The molecule has 0 amide bonds. The minimum atomic E-state index is 1.17. The molecule has 6 aromatic carbocycles. The monoisotopic (exact) mass is 501 g/mol. The van der Waals surface area contributed by atoms with E-state index in [1.807, 2.05) is 11.3 Å². The van der Waals surface area contributed by atoms with Gasteiger partial charge in [-0.2, -0.15) is 0 Å². The van der Waals surface area contributed by atoms with E-state index in [2.05, 4.69) is 138 Å². The molecule has 0 unspecified atom stereocenters. The molecule has 2 heteroatoms. The predicted molar refractivity (Wildman–Crippen MR) is 165 cm³/mol. The summed E-state index contributed by atoms with van der Waals surface area (Å²) in [5.74, 6) is 0. The Hall–Kier alpha value is -4.66. The molecule has 0 atom stereocenters. The van der Waals surface area contributed by atoms with Crippen molar-refractivity contribution in [2.24, 2.45) is 0 Å². The van der Waals surface area contributed by atoms with Crippen LogP contribution in [0.5, 0.6) is 0 Å². The van der Waals surface area contributed by atoms with Gasteiger partial charge in [0.1, 0.15) is 0 Å². The number of nitrogens with one attached hydrogen (secondary N) is 1. The van der Waals surface area contributed by atoms with Crippen LogP contribution in [0.4, 0.5) is 0 Å². The van der Waals surface area contributed by atoms with Crippen LogP contribution in [0.3, 0.4) is 0 Å². The van der Waals surface area contributed by atoms with Crippen molar-refractivity contribution in [3.8, 4) is 33.4 Å². The molecule has 0 fully saturated rings. The second-order valence-electron chi connectivity index (χ2n) is 9.87. The fraction of sp³-hybridized carbons (Fsp3) is 0. The lowest BCUT2D eigenvalue weighted by atomic mass is 9.98. The summed E-state index contributed by atoms with van der Waals surface area (Å²) in [6.07, 6.45) is 0. The minimum absolute atomic E-state index is 1.17. The van der Waals surface area contributed by atoms with Crippen LogP contribution >= 0.6 is 11.3 Å². The standard InChI is InChI=1S/C36H23NS/c1-2-7-23(8-3-1)24-13-15-25(16-14-24)26-17-19-33-31(21-26)32-22-27(18-20-34(32)37-33)28-10-6-11-30-29-9-4-5-12-35(29)38-36(28)30/h1-22,37H. The van der Waals surface area contributed by atoms with E-state index in [4.69, 9.17) is 0 Å². The van der Waals surface area contributed by atoms with Gasteiger partial charge in [-0.25, -0.2) is 0 Å². The van der Waals surface area contributed by atoms with E-state index in [0.717, 1.165) is 0 Å². The molecule has 1 nitrogen and oxygen atoms in total. The quantitative estimate of drug-likeness (QED) is 0.248. The molecule has 0 saturated heterocycles. The average molecular weight is 502 g/mol. The summed E-state index contributed by atoms with van der Waals surface area (Å²) < 4.78 is 2.69. The highest BCUT2D eigenvalue weighted by Gasteiger charge is 2.13. The number of hydrogen-bond donors (Lipinski definition) is 1. The summed E-state index contributed by atoms with van der Waals surface area (Å²) in [7, 11) is 0. The fourth-order valence-corrected chi connectivity index (χ4v) is 6.94. The van der Waals surface area contributed by atoms with Crippen molar-refractivity contribution in [3.63, 3.8) is 0 Å². The fourth-order valence-electron chi connectivity index (χ4n) is 5.70. The zero-order valence-electron chi connectivity index (χ0n) is 20.6. The van der Waals surface area contributed by atoms with Gasteiger partial charge in [0.05, 0.1) is 0 Å². The summed E-state index contributed by atoms with van der Waals surface area (Å²) in [5, 5.41) is 5.20. The maximum absolute atomic E-state index is 3.63. The van der Waals surface area contributed by atoms with Crippen molar-refractivity contribution >= 4 is 53.3 Å². The number of benzene rings is 6. The predicted octanol–water partition coefficient (Wildman–Crippen LogP) is 10.7. The maximum atomic E-state index is 3.63. The molecule has 0 aliphatic carbocycles. The zero-order valence-corrected chi connectivity index (χ0v) is 21.4. The largest absolute Gasteiger partial charge is 0.355 e. The Labute approximate surface area is 224 Å². The van der Waals surface area contributed by atoms with Gasteiger partial charge in [-0.05, 0) is 63.7 Å². The minimum Gasteiger partial charge on any atom is -0.355 e. The van der Waals surface area contributed by atoms with E-state index in [0.29, 0.717) is 0 Å². The lowest BCUT2D eigenvalue weighted by Crippen LogP contribution is -1.81. The topological polar surface area (TPSA) is 15.8 Å². The van der Waals surface area contributed by atoms with Gasteiger partial charge >= 0.3 is 0 Å². The van der Waals surface area contributed by atoms with Crippen molar-refractivity contribution < 1.29 is 0 Å². The van der Waals surface area contributed by atoms with Crippen molar-refractivity contribution in [3.05, 3.63) is 133 Å². The highest BCUT2D eigenvalue weighted by atomic mass is 32.1. The Bertz CT molecular complexity index is 2110. The molecular formula is C36H23NS. The summed E-state index contributed by atoms with van der Waals surface area (Å²) in [4.78, 5) is 3.63. The highest BCUT2D eigenvalue weighted by molar-refractivity contribution is 7.26. The van der Waals surface area contributed by atoms with Crippen molar-refractivity contribution in [2.75, 3.05) is 0 Å². The molecule has 0 bridgehead atoms. The molecule has 2 aromatic heterocycles. The molecule has 2 heterocycles. The molecule has 1 N–H and O–H groups in total. The van der Waals surface area contributed by atoms with E-state index < -0.39 is 0 Å². The van der Waals surface area contributed by atoms with Gasteiger partial charge in [-0.1, -0.05) is 103 Å². The van der Waals surface area contributed by atoms with Crippen LogP contribution in [-0.4, -0.2) is 4.98 Å². The summed E-state index contributed by atoms with van der Waals surface area (Å²) in [6, 6.07) is 48.4. The first-order chi connectivity index (χ1) is 18.8. The van der Waals surface area contributed by atoms with Gasteiger partial charge in [0, 0.05) is 42.0 Å². The molecule has 178 valence electrons. The Kier molecular flexibility index (Phi) is 4.76. The summed E-state index contributed by atoms with van der Waals surface area (Å²) >= 11 is 1.89. The Morgan fingerprint density at radius 1 is 0.395 bits per heavy atom. The number of aromatic amines is 1. The molecule has 0 aliphatic heterocycles. The van der Waals surface area contributed by atoms with Gasteiger partial charge in [0.15, 0.2) is 0 Å². The van der Waals surface area contributed by atoms with Gasteiger partial charge in [0.2, 0.25) is 0 Å². The van der Waals surface area contributed by atoms with Crippen LogP contribution in [0.25, 0.3) is 75.4 Å². The van der Waals surface area contributed by atoms with Crippen LogP contribution in [0.2, 0.25) is 0 Å². The molecular weight excluding hydrogens is 478 g/mol. The highest BCUT2D eigenvalue weighted by Crippen LogP contribution is 2.41. The lowest BCUT2D eigenvalue weighted by molar-refractivity contribution is 1.54.